The Balaban J connectivity index is 2.70. The number of aryl methyl sites for hydroxylation is 2. The Kier molecular flexibility index (Phi) is 4.54. The van der Waals surface area contributed by atoms with Crippen molar-refractivity contribution in [2.75, 3.05) is 13.3 Å². The third kappa shape index (κ3) is 3.47. The standard InChI is InChI=1S/C11H14BrFO2/c1-7-3-10(4-8(2)11(7)12)15-6-9(14)5-13/h3-4,9,14H,5-6H2,1-2H3/t9-/m1/s1. The molecule has 84 valence electrons. The van der Waals surface area contributed by atoms with Crippen LogP contribution < -0.4 is 4.74 Å². The first-order chi connectivity index (χ1) is 7.04. The lowest BCUT2D eigenvalue weighted by molar-refractivity contribution is 0.0841. The van der Waals surface area contributed by atoms with Crippen molar-refractivity contribution < 1.29 is 14.2 Å². The second-order valence-electron chi connectivity index (χ2n) is 3.49. The molecule has 0 aromatic heterocycles. The van der Waals surface area contributed by atoms with Gasteiger partial charge in [0.05, 0.1) is 0 Å². The van der Waals surface area contributed by atoms with Crippen LogP contribution in [-0.4, -0.2) is 24.5 Å². The minimum atomic E-state index is -1.05. The van der Waals surface area contributed by atoms with E-state index in [-0.39, 0.29) is 6.61 Å². The molecule has 0 radical (unpaired) electrons. The molecule has 0 saturated carbocycles. The van der Waals surface area contributed by atoms with Crippen LogP contribution in [0.1, 0.15) is 11.1 Å². The van der Waals surface area contributed by atoms with Crippen molar-refractivity contribution in [2.45, 2.75) is 20.0 Å². The Labute approximate surface area is 97.2 Å². The van der Waals surface area contributed by atoms with Crippen molar-refractivity contribution in [2.24, 2.45) is 0 Å². The van der Waals surface area contributed by atoms with Crippen molar-refractivity contribution >= 4 is 15.9 Å². The average Bonchev–Trinajstić information content (AvgIpc) is 2.22. The molecule has 15 heavy (non-hydrogen) atoms. The van der Waals surface area contributed by atoms with Gasteiger partial charge in [0.15, 0.2) is 0 Å². The first-order valence-electron chi connectivity index (χ1n) is 4.68. The first-order valence-corrected chi connectivity index (χ1v) is 5.47. The molecule has 0 unspecified atom stereocenters. The summed E-state index contributed by atoms with van der Waals surface area (Å²) < 4.78 is 18.3. The van der Waals surface area contributed by atoms with E-state index in [4.69, 9.17) is 9.84 Å². The summed E-state index contributed by atoms with van der Waals surface area (Å²) in [5, 5.41) is 9.00. The van der Waals surface area contributed by atoms with E-state index in [1.807, 2.05) is 26.0 Å². The van der Waals surface area contributed by atoms with Crippen molar-refractivity contribution in [1.82, 2.24) is 0 Å². The fourth-order valence-electron chi connectivity index (χ4n) is 1.23. The van der Waals surface area contributed by atoms with Crippen molar-refractivity contribution in [3.05, 3.63) is 27.7 Å². The van der Waals surface area contributed by atoms with E-state index in [1.54, 1.807) is 0 Å². The lowest BCUT2D eigenvalue weighted by Gasteiger charge is -2.11. The maximum absolute atomic E-state index is 12.0. The number of hydrogen-bond donors (Lipinski definition) is 1. The number of aliphatic hydroxyl groups is 1. The molecule has 4 heteroatoms. The van der Waals surface area contributed by atoms with Crippen LogP contribution in [0, 0.1) is 13.8 Å². The van der Waals surface area contributed by atoms with E-state index >= 15 is 0 Å². The fourth-order valence-corrected chi connectivity index (χ4v) is 1.46. The zero-order valence-electron chi connectivity index (χ0n) is 8.76. The summed E-state index contributed by atoms with van der Waals surface area (Å²) in [4.78, 5) is 0. The molecule has 0 aliphatic carbocycles. The monoisotopic (exact) mass is 276 g/mol. The number of rotatable bonds is 4. The Morgan fingerprint density at radius 3 is 2.40 bits per heavy atom. The average molecular weight is 277 g/mol. The summed E-state index contributed by atoms with van der Waals surface area (Å²) in [5.74, 6) is 0.653. The number of alkyl halides is 1. The zero-order chi connectivity index (χ0) is 11.4. The quantitative estimate of drug-likeness (QED) is 0.917. The smallest absolute Gasteiger partial charge is 0.120 e. The third-order valence-electron chi connectivity index (χ3n) is 2.03. The summed E-state index contributed by atoms with van der Waals surface area (Å²) in [6.45, 7) is 3.11. The van der Waals surface area contributed by atoms with Gasteiger partial charge in [-0.3, -0.25) is 0 Å². The molecule has 0 saturated heterocycles. The lowest BCUT2D eigenvalue weighted by atomic mass is 10.1. The van der Waals surface area contributed by atoms with Gasteiger partial charge in [-0.25, -0.2) is 4.39 Å². The number of aliphatic hydroxyl groups excluding tert-OH is 1. The SMILES string of the molecule is Cc1cc(OC[C@H](O)CF)cc(C)c1Br. The molecule has 1 rings (SSSR count). The summed E-state index contributed by atoms with van der Waals surface area (Å²) in [5.41, 5.74) is 2.11. The van der Waals surface area contributed by atoms with Gasteiger partial charge in [0.2, 0.25) is 0 Å². The maximum atomic E-state index is 12.0. The third-order valence-corrected chi connectivity index (χ3v) is 3.28. The second kappa shape index (κ2) is 5.47. The highest BCUT2D eigenvalue weighted by Crippen LogP contribution is 2.26. The van der Waals surface area contributed by atoms with Crippen LogP contribution in [0.25, 0.3) is 0 Å². The fraction of sp³-hybridized carbons (Fsp3) is 0.455. The predicted octanol–water partition coefficient (Wildman–Crippen LogP) is 2.78. The molecule has 0 amide bonds. The van der Waals surface area contributed by atoms with Crippen LogP contribution >= 0.6 is 15.9 Å². The number of benzene rings is 1. The van der Waals surface area contributed by atoms with Gasteiger partial charge in [-0.05, 0) is 37.1 Å². The van der Waals surface area contributed by atoms with Gasteiger partial charge < -0.3 is 9.84 Å². The van der Waals surface area contributed by atoms with Gasteiger partial charge in [0.25, 0.3) is 0 Å². The highest BCUT2D eigenvalue weighted by atomic mass is 79.9. The highest BCUT2D eigenvalue weighted by Gasteiger charge is 2.06. The zero-order valence-corrected chi connectivity index (χ0v) is 10.3. The molecule has 0 fully saturated rings. The molecule has 0 aliphatic rings. The van der Waals surface area contributed by atoms with E-state index in [2.05, 4.69) is 15.9 Å². The summed E-state index contributed by atoms with van der Waals surface area (Å²) in [6, 6.07) is 3.70. The molecule has 1 atom stereocenters. The molecule has 1 N–H and O–H groups in total. The van der Waals surface area contributed by atoms with Crippen LogP contribution in [0.4, 0.5) is 4.39 Å². The van der Waals surface area contributed by atoms with Gasteiger partial charge in [0.1, 0.15) is 25.1 Å². The van der Waals surface area contributed by atoms with Crippen molar-refractivity contribution in [3.63, 3.8) is 0 Å². The van der Waals surface area contributed by atoms with Gasteiger partial charge >= 0.3 is 0 Å². The molecule has 0 bridgehead atoms. The maximum Gasteiger partial charge on any atom is 0.120 e. The molecular weight excluding hydrogens is 263 g/mol. The Morgan fingerprint density at radius 1 is 1.40 bits per heavy atom. The second-order valence-corrected chi connectivity index (χ2v) is 4.28. The summed E-state index contributed by atoms with van der Waals surface area (Å²) in [7, 11) is 0. The van der Waals surface area contributed by atoms with Gasteiger partial charge in [0, 0.05) is 4.47 Å². The van der Waals surface area contributed by atoms with Gasteiger partial charge in [-0.1, -0.05) is 15.9 Å². The summed E-state index contributed by atoms with van der Waals surface area (Å²) >= 11 is 3.44. The molecule has 2 nitrogen and oxygen atoms in total. The van der Waals surface area contributed by atoms with E-state index < -0.39 is 12.8 Å². The number of ether oxygens (including phenoxy) is 1. The molecule has 0 heterocycles. The minimum absolute atomic E-state index is 0.0169. The Bertz CT molecular complexity index is 318. The van der Waals surface area contributed by atoms with Gasteiger partial charge in [-0.15, -0.1) is 0 Å². The topological polar surface area (TPSA) is 29.5 Å². The number of halogens is 2. The van der Waals surface area contributed by atoms with E-state index in [1.165, 1.54) is 0 Å². The summed E-state index contributed by atoms with van der Waals surface area (Å²) in [6.07, 6.45) is -1.05. The van der Waals surface area contributed by atoms with Gasteiger partial charge in [-0.2, -0.15) is 0 Å². The first kappa shape index (κ1) is 12.5. The predicted molar refractivity (Wildman–Crippen MR) is 61.1 cm³/mol. The number of hydrogen-bond acceptors (Lipinski definition) is 2. The Hall–Kier alpha value is -0.610. The van der Waals surface area contributed by atoms with Crippen LogP contribution in [0.2, 0.25) is 0 Å². The molecule has 1 aromatic rings. The van der Waals surface area contributed by atoms with Crippen LogP contribution in [0.5, 0.6) is 5.75 Å². The van der Waals surface area contributed by atoms with Crippen LogP contribution in [0.15, 0.2) is 16.6 Å². The van der Waals surface area contributed by atoms with E-state index in [0.29, 0.717) is 5.75 Å². The van der Waals surface area contributed by atoms with E-state index in [9.17, 15) is 4.39 Å². The van der Waals surface area contributed by atoms with Crippen molar-refractivity contribution in [3.8, 4) is 5.75 Å². The molecule has 0 aliphatic heterocycles. The van der Waals surface area contributed by atoms with Crippen molar-refractivity contribution in [1.29, 1.82) is 0 Å². The lowest BCUT2D eigenvalue weighted by Crippen LogP contribution is -2.19. The Morgan fingerprint density at radius 2 is 1.93 bits per heavy atom. The van der Waals surface area contributed by atoms with Crippen LogP contribution in [0.3, 0.4) is 0 Å². The molecular formula is C11H14BrFO2. The van der Waals surface area contributed by atoms with E-state index in [0.717, 1.165) is 15.6 Å². The largest absolute Gasteiger partial charge is 0.491 e. The molecule has 0 spiro atoms. The minimum Gasteiger partial charge on any atom is -0.491 e. The van der Waals surface area contributed by atoms with Crippen LogP contribution in [-0.2, 0) is 0 Å². The molecule has 1 aromatic carbocycles. The normalized spacial score (nSPS) is 12.6. The highest BCUT2D eigenvalue weighted by molar-refractivity contribution is 9.10.